The summed E-state index contributed by atoms with van der Waals surface area (Å²) in [5.74, 6) is -0.0277. The molecular weight excluding hydrogens is 344 g/mol. The van der Waals surface area contributed by atoms with Gasteiger partial charge in [-0.25, -0.2) is 0 Å². The molecule has 2 aromatic carbocycles. The van der Waals surface area contributed by atoms with E-state index in [0.717, 1.165) is 0 Å². The van der Waals surface area contributed by atoms with Gasteiger partial charge in [-0.15, -0.1) is 0 Å². The van der Waals surface area contributed by atoms with Crippen LogP contribution >= 0.6 is 11.6 Å². The summed E-state index contributed by atoms with van der Waals surface area (Å²) in [6.45, 7) is 0. The zero-order valence-corrected chi connectivity index (χ0v) is 14.5. The normalized spacial score (nSPS) is 10.4. The molecule has 2 amide bonds. The summed E-state index contributed by atoms with van der Waals surface area (Å²) in [4.78, 5) is 23.6. The summed E-state index contributed by atoms with van der Waals surface area (Å²) in [7, 11) is 2.98. The summed E-state index contributed by atoms with van der Waals surface area (Å²) in [5.41, 5.74) is 5.72. The standard InChI is InChI=1S/C18H17ClN2O4/c1-24-15-11-12(10-14(19)17(15)25-2)8-9-16(22)20-21-18(23)13-6-4-3-5-7-13/h3-11H,1-2H3,(H,20,22)(H,21,23)/b9-8+. The minimum absolute atomic E-state index is 0.360. The molecule has 0 radical (unpaired) electrons. The third-order valence-electron chi connectivity index (χ3n) is 3.22. The van der Waals surface area contributed by atoms with E-state index in [1.165, 1.54) is 26.4 Å². The lowest BCUT2D eigenvalue weighted by Gasteiger charge is -2.10. The van der Waals surface area contributed by atoms with E-state index in [1.54, 1.807) is 42.5 Å². The molecule has 0 fully saturated rings. The van der Waals surface area contributed by atoms with Gasteiger partial charge in [-0.05, 0) is 35.9 Å². The van der Waals surface area contributed by atoms with Crippen molar-refractivity contribution in [2.45, 2.75) is 0 Å². The predicted octanol–water partition coefficient (Wildman–Crippen LogP) is 2.83. The number of amides is 2. The Labute approximate surface area is 150 Å². The van der Waals surface area contributed by atoms with Crippen LogP contribution in [0.1, 0.15) is 15.9 Å². The maximum atomic E-state index is 11.8. The lowest BCUT2D eigenvalue weighted by atomic mass is 10.2. The number of halogens is 1. The molecule has 0 spiro atoms. The molecular formula is C18H17ClN2O4. The van der Waals surface area contributed by atoms with Crippen molar-refractivity contribution >= 4 is 29.5 Å². The zero-order valence-electron chi connectivity index (χ0n) is 13.7. The molecule has 0 aliphatic carbocycles. The maximum absolute atomic E-state index is 11.8. The van der Waals surface area contributed by atoms with Crippen LogP contribution in [0.25, 0.3) is 6.08 Å². The van der Waals surface area contributed by atoms with Gasteiger partial charge in [0.05, 0.1) is 19.2 Å². The molecule has 0 unspecified atom stereocenters. The van der Waals surface area contributed by atoms with Crippen molar-refractivity contribution in [1.29, 1.82) is 0 Å². The smallest absolute Gasteiger partial charge is 0.269 e. The number of carbonyl (C=O) groups is 2. The number of methoxy groups -OCH3 is 2. The number of nitrogens with one attached hydrogen (secondary N) is 2. The van der Waals surface area contributed by atoms with Crippen LogP contribution in [-0.4, -0.2) is 26.0 Å². The Hall–Kier alpha value is -2.99. The van der Waals surface area contributed by atoms with Crippen LogP contribution in [0, 0.1) is 0 Å². The van der Waals surface area contributed by atoms with Gasteiger partial charge in [-0.3, -0.25) is 20.4 Å². The minimum atomic E-state index is -0.491. The Morgan fingerprint density at radius 3 is 2.40 bits per heavy atom. The highest BCUT2D eigenvalue weighted by Gasteiger charge is 2.10. The van der Waals surface area contributed by atoms with Gasteiger partial charge < -0.3 is 9.47 Å². The van der Waals surface area contributed by atoms with Crippen LogP contribution in [0.2, 0.25) is 5.02 Å². The van der Waals surface area contributed by atoms with E-state index < -0.39 is 11.8 Å². The van der Waals surface area contributed by atoms with E-state index in [1.807, 2.05) is 0 Å². The molecule has 2 aromatic rings. The van der Waals surface area contributed by atoms with Gasteiger partial charge in [0.1, 0.15) is 0 Å². The van der Waals surface area contributed by atoms with E-state index >= 15 is 0 Å². The van der Waals surface area contributed by atoms with E-state index in [0.29, 0.717) is 27.6 Å². The first-order chi connectivity index (χ1) is 12.0. The third kappa shape index (κ3) is 4.99. The second-order valence-corrected chi connectivity index (χ2v) is 5.29. The van der Waals surface area contributed by atoms with Crippen molar-refractivity contribution in [1.82, 2.24) is 10.9 Å². The summed E-state index contributed by atoms with van der Waals surface area (Å²) < 4.78 is 10.3. The van der Waals surface area contributed by atoms with Crippen molar-refractivity contribution < 1.29 is 19.1 Å². The Bertz CT molecular complexity index is 791. The number of hydrogen-bond donors (Lipinski definition) is 2. The molecule has 0 bridgehead atoms. The molecule has 0 atom stereocenters. The summed E-state index contributed by atoms with van der Waals surface area (Å²) in [6.07, 6.45) is 2.81. The van der Waals surface area contributed by atoms with Crippen molar-refractivity contribution in [2.75, 3.05) is 14.2 Å². The van der Waals surface area contributed by atoms with Crippen molar-refractivity contribution in [3.63, 3.8) is 0 Å². The van der Waals surface area contributed by atoms with Crippen LogP contribution in [0.15, 0.2) is 48.5 Å². The molecule has 0 aromatic heterocycles. The maximum Gasteiger partial charge on any atom is 0.269 e. The van der Waals surface area contributed by atoms with Crippen LogP contribution < -0.4 is 20.3 Å². The topological polar surface area (TPSA) is 76.7 Å². The second kappa shape index (κ2) is 8.75. The minimum Gasteiger partial charge on any atom is -0.493 e. The van der Waals surface area contributed by atoms with Crippen LogP contribution in [0.4, 0.5) is 0 Å². The predicted molar refractivity (Wildman–Crippen MR) is 95.6 cm³/mol. The van der Waals surface area contributed by atoms with Gasteiger partial charge in [-0.1, -0.05) is 29.8 Å². The molecule has 6 nitrogen and oxygen atoms in total. The molecule has 2 rings (SSSR count). The molecule has 2 N–H and O–H groups in total. The Morgan fingerprint density at radius 2 is 1.76 bits per heavy atom. The summed E-state index contributed by atoms with van der Waals surface area (Å²) >= 11 is 6.10. The average Bonchev–Trinajstić information content (AvgIpc) is 2.64. The molecule has 0 aliphatic rings. The van der Waals surface area contributed by atoms with Gasteiger partial charge in [0.15, 0.2) is 11.5 Å². The van der Waals surface area contributed by atoms with Crippen molar-refractivity contribution in [3.05, 3.63) is 64.7 Å². The molecule has 0 aliphatic heterocycles. The Balaban J connectivity index is 1.98. The quantitative estimate of drug-likeness (QED) is 0.635. The number of hydrogen-bond acceptors (Lipinski definition) is 4. The molecule has 25 heavy (non-hydrogen) atoms. The number of hydrazine groups is 1. The highest BCUT2D eigenvalue weighted by atomic mass is 35.5. The lowest BCUT2D eigenvalue weighted by molar-refractivity contribution is -0.117. The SMILES string of the molecule is COc1cc(/C=C/C(=O)NNC(=O)c2ccccc2)cc(Cl)c1OC. The van der Waals surface area contributed by atoms with E-state index in [-0.39, 0.29) is 0 Å². The fourth-order valence-corrected chi connectivity index (χ4v) is 2.32. The van der Waals surface area contributed by atoms with E-state index in [4.69, 9.17) is 21.1 Å². The van der Waals surface area contributed by atoms with Crippen LogP contribution in [0.3, 0.4) is 0 Å². The zero-order chi connectivity index (χ0) is 18.2. The van der Waals surface area contributed by atoms with E-state index in [2.05, 4.69) is 10.9 Å². The van der Waals surface area contributed by atoms with Gasteiger partial charge in [0.25, 0.3) is 11.8 Å². The summed E-state index contributed by atoms with van der Waals surface area (Å²) in [6, 6.07) is 11.9. The molecule has 130 valence electrons. The molecule has 7 heteroatoms. The van der Waals surface area contributed by atoms with E-state index in [9.17, 15) is 9.59 Å². The number of rotatable bonds is 5. The lowest BCUT2D eigenvalue weighted by Crippen LogP contribution is -2.40. The van der Waals surface area contributed by atoms with Crippen molar-refractivity contribution in [3.8, 4) is 11.5 Å². The molecule has 0 heterocycles. The van der Waals surface area contributed by atoms with Crippen LogP contribution in [-0.2, 0) is 4.79 Å². The summed E-state index contributed by atoms with van der Waals surface area (Å²) in [5, 5.41) is 0.360. The highest BCUT2D eigenvalue weighted by Crippen LogP contribution is 2.36. The average molecular weight is 361 g/mol. The Morgan fingerprint density at radius 1 is 1.04 bits per heavy atom. The number of carbonyl (C=O) groups excluding carboxylic acids is 2. The van der Waals surface area contributed by atoms with Gasteiger partial charge >= 0.3 is 0 Å². The van der Waals surface area contributed by atoms with Gasteiger partial charge in [0.2, 0.25) is 0 Å². The Kier molecular flexibility index (Phi) is 6.42. The first-order valence-corrected chi connectivity index (χ1v) is 7.68. The van der Waals surface area contributed by atoms with Gasteiger partial charge in [-0.2, -0.15) is 0 Å². The largest absolute Gasteiger partial charge is 0.493 e. The van der Waals surface area contributed by atoms with Crippen LogP contribution in [0.5, 0.6) is 11.5 Å². The molecule has 0 saturated heterocycles. The molecule has 0 saturated carbocycles. The third-order valence-corrected chi connectivity index (χ3v) is 3.50. The number of ether oxygens (including phenoxy) is 2. The van der Waals surface area contributed by atoms with Crippen molar-refractivity contribution in [2.24, 2.45) is 0 Å². The van der Waals surface area contributed by atoms with Gasteiger partial charge in [0, 0.05) is 11.6 Å². The monoisotopic (exact) mass is 360 g/mol. The fourth-order valence-electron chi connectivity index (χ4n) is 2.03. The second-order valence-electron chi connectivity index (χ2n) is 4.88. The first-order valence-electron chi connectivity index (χ1n) is 7.30. The fraction of sp³-hybridized carbons (Fsp3) is 0.111. The number of benzene rings is 2. The highest BCUT2D eigenvalue weighted by molar-refractivity contribution is 6.32. The first kappa shape index (κ1) is 18.4.